The van der Waals surface area contributed by atoms with Gasteiger partial charge in [-0.1, -0.05) is 18.2 Å². The van der Waals surface area contributed by atoms with Gasteiger partial charge in [0.2, 0.25) is 0 Å². The Bertz CT molecular complexity index is 583. The van der Waals surface area contributed by atoms with Gasteiger partial charge in [0, 0.05) is 35.0 Å². The Morgan fingerprint density at radius 3 is 2.85 bits per heavy atom. The summed E-state index contributed by atoms with van der Waals surface area (Å²) in [5.74, 6) is 0.253. The van der Waals surface area contributed by atoms with E-state index in [0.717, 1.165) is 30.9 Å². The lowest BCUT2D eigenvalue weighted by molar-refractivity contribution is 0.220. The first-order valence-electron chi connectivity index (χ1n) is 6.93. The summed E-state index contributed by atoms with van der Waals surface area (Å²) in [4.78, 5) is 4.59. The van der Waals surface area contributed by atoms with Crippen molar-refractivity contribution in [2.75, 3.05) is 19.7 Å². The van der Waals surface area contributed by atoms with Crippen LogP contribution in [0.25, 0.3) is 10.4 Å². The van der Waals surface area contributed by atoms with Crippen LogP contribution >= 0.6 is 11.3 Å². The van der Waals surface area contributed by atoms with E-state index in [0.29, 0.717) is 11.5 Å². The van der Waals surface area contributed by atoms with Crippen LogP contribution in [0.15, 0.2) is 36.4 Å². The Morgan fingerprint density at radius 2 is 2.10 bits per heavy atom. The molecule has 3 rings (SSSR count). The van der Waals surface area contributed by atoms with Crippen molar-refractivity contribution < 1.29 is 9.50 Å². The number of rotatable bonds is 4. The largest absolute Gasteiger partial charge is 0.396 e. The summed E-state index contributed by atoms with van der Waals surface area (Å²) >= 11 is 1.65. The number of aliphatic hydroxyl groups excluding tert-OH is 1. The lowest BCUT2D eigenvalue weighted by Crippen LogP contribution is -2.20. The molecule has 1 fully saturated rings. The summed E-state index contributed by atoms with van der Waals surface area (Å²) in [6.07, 6.45) is 1.07. The van der Waals surface area contributed by atoms with Crippen molar-refractivity contribution in [1.82, 2.24) is 4.90 Å². The molecule has 2 aromatic rings. The van der Waals surface area contributed by atoms with Crippen molar-refractivity contribution in [2.24, 2.45) is 5.92 Å². The summed E-state index contributed by atoms with van der Waals surface area (Å²) in [7, 11) is 0. The van der Waals surface area contributed by atoms with Crippen LogP contribution < -0.4 is 0 Å². The summed E-state index contributed by atoms with van der Waals surface area (Å²) in [5.41, 5.74) is 0.679. The highest BCUT2D eigenvalue weighted by Gasteiger charge is 2.22. The second-order valence-corrected chi connectivity index (χ2v) is 6.49. The van der Waals surface area contributed by atoms with Gasteiger partial charge in [-0.2, -0.15) is 0 Å². The standard InChI is InChI=1S/C16H18FNOS/c17-15-4-2-1-3-14(15)16-6-5-13(20-16)10-18-8-7-12(9-18)11-19/h1-6,12,19H,7-11H2. The summed E-state index contributed by atoms with van der Waals surface area (Å²) in [5, 5.41) is 9.17. The molecule has 2 nitrogen and oxygen atoms in total. The van der Waals surface area contributed by atoms with Crippen LogP contribution in [0.5, 0.6) is 0 Å². The Hall–Kier alpha value is -1.23. The smallest absolute Gasteiger partial charge is 0.131 e. The first kappa shape index (κ1) is 13.7. The fourth-order valence-corrected chi connectivity index (χ4v) is 3.77. The van der Waals surface area contributed by atoms with E-state index < -0.39 is 0 Å². The summed E-state index contributed by atoms with van der Waals surface area (Å²) < 4.78 is 13.8. The minimum atomic E-state index is -0.164. The second-order valence-electron chi connectivity index (χ2n) is 5.32. The van der Waals surface area contributed by atoms with E-state index in [4.69, 9.17) is 5.11 Å². The average Bonchev–Trinajstić information content (AvgIpc) is 3.09. The van der Waals surface area contributed by atoms with Gasteiger partial charge in [0.15, 0.2) is 0 Å². The Morgan fingerprint density at radius 1 is 1.25 bits per heavy atom. The van der Waals surface area contributed by atoms with Gasteiger partial charge in [-0.25, -0.2) is 4.39 Å². The van der Waals surface area contributed by atoms with Gasteiger partial charge in [0.1, 0.15) is 5.82 Å². The highest BCUT2D eigenvalue weighted by Crippen LogP contribution is 2.31. The molecule has 0 bridgehead atoms. The molecule has 1 aromatic heterocycles. The second kappa shape index (κ2) is 6.04. The third kappa shape index (κ3) is 2.92. The molecule has 1 aromatic carbocycles. The van der Waals surface area contributed by atoms with Crippen LogP contribution in [-0.4, -0.2) is 29.7 Å². The van der Waals surface area contributed by atoms with Gasteiger partial charge < -0.3 is 5.11 Å². The van der Waals surface area contributed by atoms with E-state index in [2.05, 4.69) is 11.0 Å². The van der Waals surface area contributed by atoms with E-state index >= 15 is 0 Å². The molecular formula is C16H18FNOS. The van der Waals surface area contributed by atoms with Gasteiger partial charge in [-0.15, -0.1) is 11.3 Å². The third-order valence-corrected chi connectivity index (χ3v) is 4.91. The monoisotopic (exact) mass is 291 g/mol. The maximum absolute atomic E-state index is 13.8. The minimum absolute atomic E-state index is 0.164. The summed E-state index contributed by atoms with van der Waals surface area (Å²) in [6.45, 7) is 3.18. The molecule has 20 heavy (non-hydrogen) atoms. The predicted octanol–water partition coefficient (Wildman–Crippen LogP) is 3.37. The van der Waals surface area contributed by atoms with E-state index in [1.54, 1.807) is 17.4 Å². The molecule has 0 radical (unpaired) electrons. The Kier molecular flexibility index (Phi) is 4.15. The normalized spacial score (nSPS) is 19.6. The molecular weight excluding hydrogens is 273 g/mol. The minimum Gasteiger partial charge on any atom is -0.396 e. The van der Waals surface area contributed by atoms with Crippen molar-refractivity contribution >= 4 is 11.3 Å². The fraction of sp³-hybridized carbons (Fsp3) is 0.375. The van der Waals surface area contributed by atoms with Crippen LogP contribution in [0.1, 0.15) is 11.3 Å². The number of likely N-dealkylation sites (tertiary alicyclic amines) is 1. The number of aliphatic hydroxyl groups is 1. The van der Waals surface area contributed by atoms with Crippen molar-refractivity contribution in [3.05, 3.63) is 47.1 Å². The van der Waals surface area contributed by atoms with Crippen molar-refractivity contribution in [1.29, 1.82) is 0 Å². The van der Waals surface area contributed by atoms with E-state index in [1.807, 2.05) is 18.2 Å². The highest BCUT2D eigenvalue weighted by molar-refractivity contribution is 7.15. The van der Waals surface area contributed by atoms with Crippen molar-refractivity contribution in [3.63, 3.8) is 0 Å². The van der Waals surface area contributed by atoms with Gasteiger partial charge in [0.25, 0.3) is 0 Å². The number of benzene rings is 1. The molecule has 0 saturated carbocycles. The maximum Gasteiger partial charge on any atom is 0.131 e. The molecule has 1 aliphatic rings. The lowest BCUT2D eigenvalue weighted by atomic mass is 10.1. The number of thiophene rings is 1. The zero-order valence-corrected chi connectivity index (χ0v) is 12.1. The van der Waals surface area contributed by atoms with E-state index in [1.165, 1.54) is 10.9 Å². The van der Waals surface area contributed by atoms with Gasteiger partial charge in [0.05, 0.1) is 0 Å². The lowest BCUT2D eigenvalue weighted by Gasteiger charge is -2.13. The van der Waals surface area contributed by atoms with Crippen LogP contribution in [-0.2, 0) is 6.54 Å². The SMILES string of the molecule is OCC1CCN(Cc2ccc(-c3ccccc3F)s2)C1. The topological polar surface area (TPSA) is 23.5 Å². The Balaban J connectivity index is 1.70. The van der Waals surface area contributed by atoms with Crippen LogP contribution in [0.4, 0.5) is 4.39 Å². The molecule has 1 saturated heterocycles. The molecule has 4 heteroatoms. The molecule has 1 aliphatic heterocycles. The van der Waals surface area contributed by atoms with Crippen molar-refractivity contribution in [2.45, 2.75) is 13.0 Å². The first-order valence-corrected chi connectivity index (χ1v) is 7.74. The molecule has 0 amide bonds. The summed E-state index contributed by atoms with van der Waals surface area (Å²) in [6, 6.07) is 11.0. The molecule has 0 aliphatic carbocycles. The maximum atomic E-state index is 13.8. The molecule has 2 heterocycles. The number of nitrogens with zero attached hydrogens (tertiary/aromatic N) is 1. The molecule has 1 N–H and O–H groups in total. The molecule has 1 unspecified atom stereocenters. The molecule has 106 valence electrons. The van der Waals surface area contributed by atoms with Crippen LogP contribution in [0.2, 0.25) is 0 Å². The fourth-order valence-electron chi connectivity index (χ4n) is 2.69. The average molecular weight is 291 g/mol. The number of halogens is 1. The quantitative estimate of drug-likeness (QED) is 0.933. The van der Waals surface area contributed by atoms with Crippen LogP contribution in [0.3, 0.4) is 0 Å². The zero-order valence-electron chi connectivity index (χ0n) is 11.3. The number of hydrogen-bond donors (Lipinski definition) is 1. The highest BCUT2D eigenvalue weighted by atomic mass is 32.1. The van der Waals surface area contributed by atoms with E-state index in [9.17, 15) is 4.39 Å². The van der Waals surface area contributed by atoms with Gasteiger partial charge in [-0.05, 0) is 37.1 Å². The number of hydrogen-bond acceptors (Lipinski definition) is 3. The van der Waals surface area contributed by atoms with Gasteiger partial charge in [-0.3, -0.25) is 4.90 Å². The van der Waals surface area contributed by atoms with Crippen molar-refractivity contribution in [3.8, 4) is 10.4 Å². The Labute approximate surface area is 122 Å². The van der Waals surface area contributed by atoms with E-state index in [-0.39, 0.29) is 12.4 Å². The van der Waals surface area contributed by atoms with Gasteiger partial charge >= 0.3 is 0 Å². The molecule has 0 spiro atoms. The first-order chi connectivity index (χ1) is 9.76. The molecule has 1 atom stereocenters. The zero-order chi connectivity index (χ0) is 13.9. The van der Waals surface area contributed by atoms with Crippen LogP contribution in [0, 0.1) is 11.7 Å². The third-order valence-electron chi connectivity index (χ3n) is 3.81. The predicted molar refractivity (Wildman–Crippen MR) is 80.2 cm³/mol.